The van der Waals surface area contributed by atoms with Crippen LogP contribution in [-0.2, 0) is 16.0 Å². The Bertz CT molecular complexity index is 496. The van der Waals surface area contributed by atoms with Crippen molar-refractivity contribution in [1.82, 2.24) is 4.98 Å². The van der Waals surface area contributed by atoms with Crippen LogP contribution in [-0.4, -0.2) is 17.6 Å². The molecule has 0 bridgehead atoms. The Labute approximate surface area is 103 Å². The topological polar surface area (TPSA) is 63.0 Å². The van der Waals surface area contributed by atoms with Gasteiger partial charge in [0.2, 0.25) is 0 Å². The predicted octanol–water partition coefficient (Wildman–Crippen LogP) is 2.30. The van der Waals surface area contributed by atoms with E-state index in [1.807, 2.05) is 0 Å². The average Bonchev–Trinajstić information content (AvgIpc) is 2.27. The number of ether oxygens (including phenoxy) is 1. The van der Waals surface area contributed by atoms with Crippen LogP contribution < -0.4 is 0 Å². The highest BCUT2D eigenvalue weighted by Gasteiger charge is 2.22. The number of pyridine rings is 1. The van der Waals surface area contributed by atoms with Gasteiger partial charge in [0.05, 0.1) is 35.9 Å². The number of carbonyl (C=O) groups excluding carboxylic acids is 1. The summed E-state index contributed by atoms with van der Waals surface area (Å²) in [6, 6.07) is 2.97. The third-order valence-corrected chi connectivity index (χ3v) is 2.22. The van der Waals surface area contributed by atoms with Crippen LogP contribution in [0.3, 0.4) is 0 Å². The molecule has 0 N–H and O–H groups in total. The molecule has 1 aromatic rings. The van der Waals surface area contributed by atoms with Gasteiger partial charge in [0.1, 0.15) is 0 Å². The van der Waals surface area contributed by atoms with Gasteiger partial charge in [0, 0.05) is 5.69 Å². The lowest BCUT2D eigenvalue weighted by Crippen LogP contribution is -2.13. The molecule has 0 saturated carbocycles. The van der Waals surface area contributed by atoms with Crippen molar-refractivity contribution < 1.29 is 18.3 Å². The maximum Gasteiger partial charge on any atom is 0.311 e. The van der Waals surface area contributed by atoms with Gasteiger partial charge in [-0.2, -0.15) is 5.26 Å². The Hall–Kier alpha value is -2.03. The summed E-state index contributed by atoms with van der Waals surface area (Å²) >= 11 is 0. The van der Waals surface area contributed by atoms with Gasteiger partial charge in [0.25, 0.3) is 6.43 Å². The van der Waals surface area contributed by atoms with Gasteiger partial charge >= 0.3 is 5.97 Å². The molecule has 1 heterocycles. The predicted molar refractivity (Wildman–Crippen MR) is 59.0 cm³/mol. The molecule has 0 atom stereocenters. The minimum atomic E-state index is -2.85. The summed E-state index contributed by atoms with van der Waals surface area (Å²) in [7, 11) is 0. The number of hydrogen-bond donors (Lipinski definition) is 0. The highest BCUT2D eigenvalue weighted by atomic mass is 19.3. The van der Waals surface area contributed by atoms with Gasteiger partial charge in [0.15, 0.2) is 0 Å². The third kappa shape index (κ3) is 3.23. The Morgan fingerprint density at radius 2 is 2.28 bits per heavy atom. The second kappa shape index (κ2) is 6.05. The fourth-order valence-corrected chi connectivity index (χ4v) is 1.57. The molecule has 0 aromatic carbocycles. The Morgan fingerprint density at radius 3 is 2.78 bits per heavy atom. The van der Waals surface area contributed by atoms with Crippen molar-refractivity contribution in [2.45, 2.75) is 26.7 Å². The monoisotopic (exact) mass is 254 g/mol. The van der Waals surface area contributed by atoms with Crippen LogP contribution in [0, 0.1) is 18.3 Å². The third-order valence-electron chi connectivity index (χ3n) is 2.22. The van der Waals surface area contributed by atoms with Crippen molar-refractivity contribution in [3.05, 3.63) is 28.6 Å². The molecule has 0 fully saturated rings. The second-order valence-corrected chi connectivity index (χ2v) is 3.57. The van der Waals surface area contributed by atoms with E-state index < -0.39 is 18.0 Å². The van der Waals surface area contributed by atoms with E-state index in [1.165, 1.54) is 6.07 Å². The number of rotatable bonds is 4. The van der Waals surface area contributed by atoms with Crippen molar-refractivity contribution >= 4 is 5.97 Å². The fraction of sp³-hybridized carbons (Fsp3) is 0.417. The number of alkyl halides is 2. The standard InChI is InChI=1S/C12H12F2N2O2/c1-3-18-10(17)5-9-11(12(13)14)8(6-15)4-7(2)16-9/h4,12H,3,5H2,1-2H3. The molecule has 0 spiro atoms. The Morgan fingerprint density at radius 1 is 1.61 bits per heavy atom. The lowest BCUT2D eigenvalue weighted by molar-refractivity contribution is -0.142. The van der Waals surface area contributed by atoms with Gasteiger partial charge < -0.3 is 4.74 Å². The van der Waals surface area contributed by atoms with Crippen molar-refractivity contribution in [1.29, 1.82) is 5.26 Å². The minimum Gasteiger partial charge on any atom is -0.466 e. The smallest absolute Gasteiger partial charge is 0.311 e. The zero-order valence-electron chi connectivity index (χ0n) is 10.0. The van der Waals surface area contributed by atoms with E-state index in [2.05, 4.69) is 9.72 Å². The fourth-order valence-electron chi connectivity index (χ4n) is 1.57. The van der Waals surface area contributed by atoms with Crippen LogP contribution in [0.5, 0.6) is 0 Å². The summed E-state index contributed by atoms with van der Waals surface area (Å²) in [5, 5.41) is 8.83. The first-order valence-electron chi connectivity index (χ1n) is 5.33. The van der Waals surface area contributed by atoms with E-state index >= 15 is 0 Å². The van der Waals surface area contributed by atoms with E-state index in [-0.39, 0.29) is 24.3 Å². The number of halogens is 2. The molecule has 96 valence electrons. The number of carbonyl (C=O) groups is 1. The lowest BCUT2D eigenvalue weighted by Gasteiger charge is -2.10. The molecule has 0 amide bonds. The molecule has 6 heteroatoms. The summed E-state index contributed by atoms with van der Waals surface area (Å²) in [4.78, 5) is 15.2. The molecule has 0 saturated heterocycles. The van der Waals surface area contributed by atoms with Crippen LogP contribution in [0.1, 0.15) is 35.9 Å². The number of nitriles is 1. The molecule has 0 radical (unpaired) electrons. The maximum absolute atomic E-state index is 12.9. The molecular formula is C12H12F2N2O2. The van der Waals surface area contributed by atoms with Crippen molar-refractivity contribution in [2.75, 3.05) is 6.61 Å². The molecule has 1 aromatic heterocycles. The largest absolute Gasteiger partial charge is 0.466 e. The molecule has 18 heavy (non-hydrogen) atoms. The van der Waals surface area contributed by atoms with Gasteiger partial charge in [-0.15, -0.1) is 0 Å². The average molecular weight is 254 g/mol. The number of aromatic nitrogens is 1. The summed E-state index contributed by atoms with van der Waals surface area (Å²) in [5.74, 6) is -0.638. The normalized spacial score (nSPS) is 10.2. The summed E-state index contributed by atoms with van der Waals surface area (Å²) in [6.07, 6.45) is -3.21. The first kappa shape index (κ1) is 14.0. The highest BCUT2D eigenvalue weighted by molar-refractivity contribution is 5.72. The number of esters is 1. The van der Waals surface area contributed by atoms with Crippen molar-refractivity contribution in [3.8, 4) is 6.07 Å². The highest BCUT2D eigenvalue weighted by Crippen LogP contribution is 2.26. The van der Waals surface area contributed by atoms with Crippen molar-refractivity contribution in [2.24, 2.45) is 0 Å². The number of hydrogen-bond acceptors (Lipinski definition) is 4. The molecule has 0 unspecified atom stereocenters. The first-order valence-corrected chi connectivity index (χ1v) is 5.33. The van der Waals surface area contributed by atoms with E-state index in [0.717, 1.165) is 0 Å². The molecule has 0 aliphatic rings. The van der Waals surface area contributed by atoms with E-state index in [4.69, 9.17) is 5.26 Å². The van der Waals surface area contributed by atoms with Crippen LogP contribution in [0.4, 0.5) is 8.78 Å². The van der Waals surface area contributed by atoms with Crippen LogP contribution in [0.25, 0.3) is 0 Å². The number of nitrogens with zero attached hydrogens (tertiary/aromatic N) is 2. The number of aryl methyl sites for hydroxylation is 1. The zero-order chi connectivity index (χ0) is 13.7. The lowest BCUT2D eigenvalue weighted by atomic mass is 10.0. The molecule has 4 nitrogen and oxygen atoms in total. The Balaban J connectivity index is 3.20. The molecular weight excluding hydrogens is 242 g/mol. The second-order valence-electron chi connectivity index (χ2n) is 3.57. The minimum absolute atomic E-state index is 0.0972. The van der Waals surface area contributed by atoms with Crippen LogP contribution in [0.2, 0.25) is 0 Å². The van der Waals surface area contributed by atoms with Crippen molar-refractivity contribution in [3.63, 3.8) is 0 Å². The summed E-state index contributed by atoms with van der Waals surface area (Å²) in [6.45, 7) is 3.36. The van der Waals surface area contributed by atoms with Gasteiger partial charge in [-0.3, -0.25) is 9.78 Å². The van der Waals surface area contributed by atoms with E-state index in [9.17, 15) is 13.6 Å². The van der Waals surface area contributed by atoms with E-state index in [0.29, 0.717) is 5.69 Å². The quantitative estimate of drug-likeness (QED) is 0.773. The first-order chi connectivity index (χ1) is 8.49. The van der Waals surface area contributed by atoms with E-state index in [1.54, 1.807) is 19.9 Å². The van der Waals surface area contributed by atoms with Crippen LogP contribution >= 0.6 is 0 Å². The maximum atomic E-state index is 12.9. The molecule has 0 aliphatic carbocycles. The summed E-state index contributed by atoms with van der Waals surface area (Å²) < 4.78 is 30.5. The van der Waals surface area contributed by atoms with Gasteiger partial charge in [-0.05, 0) is 19.9 Å². The van der Waals surface area contributed by atoms with Crippen LogP contribution in [0.15, 0.2) is 6.07 Å². The summed E-state index contributed by atoms with van der Waals surface area (Å²) in [5.41, 5.74) is -0.330. The zero-order valence-corrected chi connectivity index (χ0v) is 10.0. The molecule has 0 aliphatic heterocycles. The Kier molecular flexibility index (Phi) is 4.72. The van der Waals surface area contributed by atoms with Gasteiger partial charge in [-0.1, -0.05) is 0 Å². The van der Waals surface area contributed by atoms with Gasteiger partial charge in [-0.25, -0.2) is 8.78 Å². The molecule has 1 rings (SSSR count). The SMILES string of the molecule is CCOC(=O)Cc1nc(C)cc(C#N)c1C(F)F.